The second-order valence-electron chi connectivity index (χ2n) is 9.75. The number of hydrogen-bond donors (Lipinski definition) is 0. The van der Waals surface area contributed by atoms with Gasteiger partial charge in [-0.2, -0.15) is 0 Å². The molecule has 0 bridgehead atoms. The number of para-hydroxylation sites is 2. The summed E-state index contributed by atoms with van der Waals surface area (Å²) in [5, 5.41) is 5.22. The predicted octanol–water partition coefficient (Wildman–Crippen LogP) is 10.5. The first-order chi connectivity index (χ1) is 18.9. The van der Waals surface area contributed by atoms with Crippen LogP contribution in [0.5, 0.6) is 0 Å². The zero-order chi connectivity index (χ0) is 25.1. The van der Waals surface area contributed by atoms with Crippen molar-refractivity contribution in [3.05, 3.63) is 140 Å². The van der Waals surface area contributed by atoms with E-state index in [-0.39, 0.29) is 0 Å². The summed E-state index contributed by atoms with van der Waals surface area (Å²) < 4.78 is 5.12. The number of nitrogens with zero attached hydrogens (tertiary/aromatic N) is 1. The smallest absolute Gasteiger partial charge is 0.0619 e. The van der Waals surface area contributed by atoms with Crippen molar-refractivity contribution in [2.45, 2.75) is 0 Å². The van der Waals surface area contributed by atoms with Gasteiger partial charge in [-0.05, 0) is 35.4 Å². The molecule has 0 atom stereocenters. The summed E-state index contributed by atoms with van der Waals surface area (Å²) in [6.07, 6.45) is 0. The Hall–Kier alpha value is -4.66. The molecule has 178 valence electrons. The molecule has 8 aromatic rings. The van der Waals surface area contributed by atoms with Crippen LogP contribution in [-0.2, 0) is 0 Å². The lowest BCUT2D eigenvalue weighted by atomic mass is 10.00. The second-order valence-corrected chi connectivity index (χ2v) is 10.8. The van der Waals surface area contributed by atoms with Crippen molar-refractivity contribution < 1.29 is 0 Å². The van der Waals surface area contributed by atoms with E-state index < -0.39 is 0 Å². The molecular formula is C36H23NS. The molecule has 0 amide bonds. The van der Waals surface area contributed by atoms with Crippen LogP contribution in [0.3, 0.4) is 0 Å². The Bertz CT molecular complexity index is 2110. The molecule has 0 saturated heterocycles. The third-order valence-corrected chi connectivity index (χ3v) is 8.84. The molecule has 2 heterocycles. The maximum absolute atomic E-state index is 2.45. The number of aromatic nitrogens is 1. The van der Waals surface area contributed by atoms with E-state index in [4.69, 9.17) is 0 Å². The van der Waals surface area contributed by atoms with Gasteiger partial charge in [0.2, 0.25) is 0 Å². The molecule has 2 heteroatoms. The summed E-state index contributed by atoms with van der Waals surface area (Å²) >= 11 is 1.89. The monoisotopic (exact) mass is 501 g/mol. The highest BCUT2D eigenvalue weighted by molar-refractivity contribution is 7.26. The van der Waals surface area contributed by atoms with E-state index in [9.17, 15) is 0 Å². The van der Waals surface area contributed by atoms with Crippen LogP contribution in [0.25, 0.3) is 69.9 Å². The largest absolute Gasteiger partial charge is 0.309 e. The summed E-state index contributed by atoms with van der Waals surface area (Å²) in [6.45, 7) is 0. The van der Waals surface area contributed by atoms with Crippen molar-refractivity contribution in [3.8, 4) is 27.9 Å². The van der Waals surface area contributed by atoms with Crippen molar-refractivity contribution in [1.82, 2.24) is 4.57 Å². The molecule has 0 N–H and O–H groups in total. The molecule has 0 aliphatic heterocycles. The molecule has 8 rings (SSSR count). The lowest BCUT2D eigenvalue weighted by molar-refractivity contribution is 1.18. The third kappa shape index (κ3) is 3.17. The minimum absolute atomic E-state index is 1.17. The first-order valence-electron chi connectivity index (χ1n) is 13.0. The van der Waals surface area contributed by atoms with Gasteiger partial charge in [-0.1, -0.05) is 115 Å². The van der Waals surface area contributed by atoms with E-state index in [1.54, 1.807) is 0 Å². The van der Waals surface area contributed by atoms with Gasteiger partial charge >= 0.3 is 0 Å². The minimum atomic E-state index is 1.17. The molecule has 0 saturated carbocycles. The van der Waals surface area contributed by atoms with Crippen LogP contribution in [0.2, 0.25) is 0 Å². The van der Waals surface area contributed by atoms with Crippen molar-refractivity contribution in [3.63, 3.8) is 0 Å². The van der Waals surface area contributed by atoms with Gasteiger partial charge < -0.3 is 4.57 Å². The van der Waals surface area contributed by atoms with Gasteiger partial charge in [0.25, 0.3) is 0 Å². The van der Waals surface area contributed by atoms with Crippen LogP contribution < -0.4 is 0 Å². The van der Waals surface area contributed by atoms with Crippen LogP contribution in [0, 0.1) is 0 Å². The van der Waals surface area contributed by atoms with Crippen LogP contribution in [-0.4, -0.2) is 4.57 Å². The van der Waals surface area contributed by atoms with Crippen molar-refractivity contribution in [2.75, 3.05) is 0 Å². The number of benzene rings is 6. The SMILES string of the molecule is c1ccc(-c2ccc(-n3c4ccccc4c4cccc(-c5cccc6c5sc5ccccc56)c43)cc2)cc1. The number of rotatable bonds is 3. The maximum atomic E-state index is 2.45. The zero-order valence-corrected chi connectivity index (χ0v) is 21.5. The Labute approximate surface area is 224 Å². The topological polar surface area (TPSA) is 4.93 Å². The van der Waals surface area contributed by atoms with E-state index in [1.807, 2.05) is 11.3 Å². The van der Waals surface area contributed by atoms with E-state index in [0.717, 1.165) is 0 Å². The summed E-state index contributed by atoms with van der Waals surface area (Å²) in [6, 6.07) is 50.6. The summed E-state index contributed by atoms with van der Waals surface area (Å²) in [5.41, 5.74) is 8.68. The molecule has 0 fully saturated rings. The Morgan fingerprint density at radius 3 is 1.89 bits per heavy atom. The van der Waals surface area contributed by atoms with E-state index in [0.29, 0.717) is 0 Å². The number of fused-ring (bicyclic) bond motifs is 6. The van der Waals surface area contributed by atoms with Crippen LogP contribution in [0.15, 0.2) is 140 Å². The summed E-state index contributed by atoms with van der Waals surface area (Å²) in [5.74, 6) is 0. The quantitative estimate of drug-likeness (QED) is 0.227. The fraction of sp³-hybridized carbons (Fsp3) is 0. The third-order valence-electron chi connectivity index (χ3n) is 7.62. The Morgan fingerprint density at radius 1 is 0.421 bits per heavy atom. The Balaban J connectivity index is 1.43. The fourth-order valence-electron chi connectivity index (χ4n) is 5.90. The minimum Gasteiger partial charge on any atom is -0.309 e. The first-order valence-corrected chi connectivity index (χ1v) is 13.8. The molecule has 38 heavy (non-hydrogen) atoms. The van der Waals surface area contributed by atoms with E-state index >= 15 is 0 Å². The molecular weight excluding hydrogens is 478 g/mol. The van der Waals surface area contributed by atoms with Gasteiger partial charge in [0, 0.05) is 47.8 Å². The lowest BCUT2D eigenvalue weighted by Crippen LogP contribution is -1.95. The molecule has 0 aliphatic rings. The van der Waals surface area contributed by atoms with Gasteiger partial charge in [-0.15, -0.1) is 11.3 Å². The van der Waals surface area contributed by atoms with Gasteiger partial charge in [0.1, 0.15) is 0 Å². The number of thiophene rings is 1. The summed E-state index contributed by atoms with van der Waals surface area (Å²) in [7, 11) is 0. The predicted molar refractivity (Wildman–Crippen MR) is 165 cm³/mol. The Morgan fingerprint density at radius 2 is 1.05 bits per heavy atom. The molecule has 0 aliphatic carbocycles. The van der Waals surface area contributed by atoms with Crippen LogP contribution in [0.1, 0.15) is 0 Å². The van der Waals surface area contributed by atoms with Crippen molar-refractivity contribution >= 4 is 53.3 Å². The molecule has 2 aromatic heterocycles. The van der Waals surface area contributed by atoms with E-state index in [1.165, 1.54) is 69.9 Å². The highest BCUT2D eigenvalue weighted by Crippen LogP contribution is 2.44. The normalized spacial score (nSPS) is 11.7. The lowest BCUT2D eigenvalue weighted by Gasteiger charge is -2.13. The molecule has 0 spiro atoms. The Kier molecular flexibility index (Phi) is 4.76. The van der Waals surface area contributed by atoms with Gasteiger partial charge in [0.05, 0.1) is 11.0 Å². The average Bonchev–Trinajstić information content (AvgIpc) is 3.54. The summed E-state index contributed by atoms with van der Waals surface area (Å²) in [4.78, 5) is 0. The molecule has 6 aromatic carbocycles. The zero-order valence-electron chi connectivity index (χ0n) is 20.6. The fourth-order valence-corrected chi connectivity index (χ4v) is 7.13. The average molecular weight is 502 g/mol. The van der Waals surface area contributed by atoms with Crippen LogP contribution >= 0.6 is 11.3 Å². The molecule has 0 unspecified atom stereocenters. The van der Waals surface area contributed by atoms with E-state index in [2.05, 4.69) is 144 Å². The standard InChI is InChI=1S/C36H23NS/c1-2-10-24(11-3-1)25-20-22-26(23-21-25)37-33-18-6-4-12-27(33)29-14-8-15-30(35(29)37)32-17-9-16-31-28-13-5-7-19-34(28)38-36(31)32/h1-23H. The second kappa shape index (κ2) is 8.44. The molecule has 1 nitrogen and oxygen atoms in total. The van der Waals surface area contributed by atoms with Gasteiger partial charge in [-0.25, -0.2) is 0 Å². The molecule has 0 radical (unpaired) electrons. The van der Waals surface area contributed by atoms with Crippen LogP contribution in [0.4, 0.5) is 0 Å². The van der Waals surface area contributed by atoms with Crippen molar-refractivity contribution in [2.24, 2.45) is 0 Å². The van der Waals surface area contributed by atoms with Crippen molar-refractivity contribution in [1.29, 1.82) is 0 Å². The van der Waals surface area contributed by atoms with Gasteiger partial charge in [0.15, 0.2) is 0 Å². The maximum Gasteiger partial charge on any atom is 0.0619 e. The number of hydrogen-bond acceptors (Lipinski definition) is 1. The highest BCUT2D eigenvalue weighted by atomic mass is 32.1. The van der Waals surface area contributed by atoms with Gasteiger partial charge in [-0.3, -0.25) is 0 Å². The first kappa shape index (κ1) is 21.4. The highest BCUT2D eigenvalue weighted by Gasteiger charge is 2.18.